The van der Waals surface area contributed by atoms with E-state index in [1.165, 1.54) is 17.3 Å². The van der Waals surface area contributed by atoms with Gasteiger partial charge in [0.05, 0.1) is 6.54 Å². The third-order valence-electron chi connectivity index (χ3n) is 5.73. The number of rotatable bonds is 3. The summed E-state index contributed by atoms with van der Waals surface area (Å²) >= 11 is 6.25. The van der Waals surface area contributed by atoms with E-state index in [0.29, 0.717) is 10.6 Å². The minimum Gasteiger partial charge on any atom is -0.384 e. The maximum Gasteiger partial charge on any atom is 0.159 e. The largest absolute Gasteiger partial charge is 0.384 e. The molecule has 1 aliphatic heterocycles. The lowest BCUT2D eigenvalue weighted by Gasteiger charge is -2.27. The van der Waals surface area contributed by atoms with Gasteiger partial charge in [0.15, 0.2) is 11.6 Å². The highest BCUT2D eigenvalue weighted by Crippen LogP contribution is 2.34. The highest BCUT2D eigenvalue weighted by Gasteiger charge is 2.29. The van der Waals surface area contributed by atoms with Gasteiger partial charge in [-0.3, -0.25) is 0 Å². The molecule has 1 aliphatic rings. The van der Waals surface area contributed by atoms with E-state index >= 15 is 0 Å². The molecule has 0 bridgehead atoms. The molecule has 4 rings (SSSR count). The first-order valence-corrected chi connectivity index (χ1v) is 9.80. The Labute approximate surface area is 168 Å². The first kappa shape index (κ1) is 19.4. The Kier molecular flexibility index (Phi) is 4.94. The second-order valence-electron chi connectivity index (χ2n) is 7.88. The first-order chi connectivity index (χ1) is 13.3. The van der Waals surface area contributed by atoms with Crippen LogP contribution in [0.25, 0.3) is 10.9 Å². The molecule has 148 valence electrons. The van der Waals surface area contributed by atoms with E-state index in [9.17, 15) is 13.9 Å². The summed E-state index contributed by atoms with van der Waals surface area (Å²) in [4.78, 5) is 2.29. The Hall–Kier alpha value is -1.95. The average Bonchev–Trinajstić information content (AvgIpc) is 2.77. The summed E-state index contributed by atoms with van der Waals surface area (Å²) in [5.41, 5.74) is 2.42. The van der Waals surface area contributed by atoms with Crippen molar-refractivity contribution in [3.63, 3.8) is 0 Å². The number of aromatic nitrogens is 1. The molecule has 3 aromatic rings. The van der Waals surface area contributed by atoms with Crippen molar-refractivity contribution in [1.82, 2.24) is 9.47 Å². The van der Waals surface area contributed by atoms with Crippen LogP contribution in [0.4, 0.5) is 8.78 Å². The van der Waals surface area contributed by atoms with Gasteiger partial charge in [0, 0.05) is 41.1 Å². The Morgan fingerprint density at radius 1 is 1.07 bits per heavy atom. The molecule has 0 saturated heterocycles. The summed E-state index contributed by atoms with van der Waals surface area (Å²) in [5.74, 6) is -1.88. The normalized spacial score (nSPS) is 17.4. The molecule has 1 N–H and O–H groups in total. The molecule has 2 heterocycles. The zero-order valence-electron chi connectivity index (χ0n) is 16.0. The lowest BCUT2D eigenvalue weighted by Crippen LogP contribution is -2.29. The standard InChI is InChI=1S/C22H23ClF2N2O/c1-22(28,14-3-5-18(24)19(25)11-14)13-27-20-6-4-15(23)12-17(20)16-7-9-26(2)10-8-21(16)27/h3-6,11-12,28H,7-10,13H2,1-2H3. The van der Waals surface area contributed by atoms with Gasteiger partial charge < -0.3 is 14.6 Å². The Morgan fingerprint density at radius 3 is 2.57 bits per heavy atom. The number of fused-ring (bicyclic) bond motifs is 3. The highest BCUT2D eigenvalue weighted by molar-refractivity contribution is 6.31. The molecule has 3 nitrogen and oxygen atoms in total. The minimum atomic E-state index is -1.36. The molecule has 1 aromatic heterocycles. The SMILES string of the molecule is CN1CCc2c(n(CC(C)(O)c3ccc(F)c(F)c3)c3ccc(Cl)cc23)CC1. The average molecular weight is 405 g/mol. The van der Waals surface area contributed by atoms with Crippen LogP contribution >= 0.6 is 11.6 Å². The molecule has 6 heteroatoms. The lowest BCUT2D eigenvalue weighted by atomic mass is 9.95. The van der Waals surface area contributed by atoms with Crippen molar-refractivity contribution in [1.29, 1.82) is 0 Å². The monoisotopic (exact) mass is 404 g/mol. The van der Waals surface area contributed by atoms with Gasteiger partial charge >= 0.3 is 0 Å². The zero-order valence-corrected chi connectivity index (χ0v) is 16.7. The predicted octanol–water partition coefficient (Wildman–Crippen LogP) is 4.51. The highest BCUT2D eigenvalue weighted by atomic mass is 35.5. The summed E-state index contributed by atoms with van der Waals surface area (Å²) < 4.78 is 29.2. The van der Waals surface area contributed by atoms with E-state index in [1.807, 2.05) is 18.2 Å². The molecule has 1 unspecified atom stereocenters. The van der Waals surface area contributed by atoms with E-state index in [0.717, 1.165) is 49.0 Å². The number of benzene rings is 2. The molecule has 2 aromatic carbocycles. The van der Waals surface area contributed by atoms with Gasteiger partial charge in [-0.25, -0.2) is 8.78 Å². The van der Waals surface area contributed by atoms with Crippen LogP contribution in [0.5, 0.6) is 0 Å². The fourth-order valence-electron chi connectivity index (χ4n) is 4.14. The van der Waals surface area contributed by atoms with Crippen molar-refractivity contribution in [2.45, 2.75) is 31.9 Å². The molecule has 0 radical (unpaired) electrons. The molecule has 1 atom stereocenters. The summed E-state index contributed by atoms with van der Waals surface area (Å²) in [7, 11) is 2.10. The maximum atomic E-state index is 13.7. The van der Waals surface area contributed by atoms with Gasteiger partial charge in [-0.1, -0.05) is 17.7 Å². The van der Waals surface area contributed by atoms with Crippen LogP contribution in [0.3, 0.4) is 0 Å². The van der Waals surface area contributed by atoms with Gasteiger partial charge in [-0.2, -0.15) is 0 Å². The van der Waals surface area contributed by atoms with E-state index in [2.05, 4.69) is 16.5 Å². The smallest absolute Gasteiger partial charge is 0.159 e. The van der Waals surface area contributed by atoms with Crippen molar-refractivity contribution in [3.8, 4) is 0 Å². The predicted molar refractivity (Wildman–Crippen MR) is 108 cm³/mol. The summed E-state index contributed by atoms with van der Waals surface area (Å²) in [6.45, 7) is 3.76. The van der Waals surface area contributed by atoms with E-state index in [1.54, 1.807) is 6.92 Å². The molecular weight excluding hydrogens is 382 g/mol. The van der Waals surface area contributed by atoms with E-state index < -0.39 is 17.2 Å². The number of aliphatic hydroxyl groups is 1. The summed E-state index contributed by atoms with van der Waals surface area (Å²) in [6, 6.07) is 9.36. The van der Waals surface area contributed by atoms with Crippen LogP contribution < -0.4 is 0 Å². The maximum absolute atomic E-state index is 13.7. The summed E-state index contributed by atoms with van der Waals surface area (Å²) in [6.07, 6.45) is 1.76. The van der Waals surface area contributed by atoms with Crippen molar-refractivity contribution < 1.29 is 13.9 Å². The Balaban J connectivity index is 1.82. The van der Waals surface area contributed by atoms with Crippen molar-refractivity contribution in [2.24, 2.45) is 0 Å². The van der Waals surface area contributed by atoms with Crippen LogP contribution in [0.1, 0.15) is 23.7 Å². The third-order valence-corrected chi connectivity index (χ3v) is 5.97. The fraction of sp³-hybridized carbons (Fsp3) is 0.364. The van der Waals surface area contributed by atoms with Crippen LogP contribution in [0.15, 0.2) is 36.4 Å². The number of likely N-dealkylation sites (N-methyl/N-ethyl adjacent to an activating group) is 1. The molecule has 28 heavy (non-hydrogen) atoms. The molecule has 0 spiro atoms. The molecule has 0 aliphatic carbocycles. The van der Waals surface area contributed by atoms with Gasteiger partial charge in [-0.15, -0.1) is 0 Å². The third kappa shape index (κ3) is 3.43. The second-order valence-corrected chi connectivity index (χ2v) is 8.32. The molecular formula is C22H23ClF2N2O. The van der Waals surface area contributed by atoms with Crippen molar-refractivity contribution in [3.05, 3.63) is 69.9 Å². The lowest BCUT2D eigenvalue weighted by molar-refractivity contribution is 0.0383. The van der Waals surface area contributed by atoms with Gasteiger partial charge in [-0.05, 0) is 61.9 Å². The zero-order chi connectivity index (χ0) is 20.1. The number of nitrogens with zero attached hydrogens (tertiary/aromatic N) is 2. The molecule has 0 saturated carbocycles. The second kappa shape index (κ2) is 7.14. The number of halogens is 3. The van der Waals surface area contributed by atoms with Crippen molar-refractivity contribution in [2.75, 3.05) is 20.1 Å². The van der Waals surface area contributed by atoms with Crippen molar-refractivity contribution >= 4 is 22.5 Å². The van der Waals surface area contributed by atoms with E-state index in [4.69, 9.17) is 11.6 Å². The van der Waals surface area contributed by atoms with Crippen LogP contribution in [-0.2, 0) is 25.0 Å². The topological polar surface area (TPSA) is 28.4 Å². The summed E-state index contributed by atoms with van der Waals surface area (Å²) in [5, 5.41) is 12.9. The molecule has 0 fully saturated rings. The minimum absolute atomic E-state index is 0.245. The van der Waals surface area contributed by atoms with Crippen LogP contribution in [0.2, 0.25) is 5.02 Å². The Bertz CT molecular complexity index is 1040. The van der Waals surface area contributed by atoms with Gasteiger partial charge in [0.2, 0.25) is 0 Å². The fourth-order valence-corrected chi connectivity index (χ4v) is 4.31. The van der Waals surface area contributed by atoms with Crippen LogP contribution in [0, 0.1) is 11.6 Å². The Morgan fingerprint density at radius 2 is 1.82 bits per heavy atom. The number of hydrogen-bond acceptors (Lipinski definition) is 2. The van der Waals surface area contributed by atoms with E-state index in [-0.39, 0.29) is 6.54 Å². The number of hydrogen-bond donors (Lipinski definition) is 1. The van der Waals surface area contributed by atoms with Crippen LogP contribution in [-0.4, -0.2) is 34.7 Å². The first-order valence-electron chi connectivity index (χ1n) is 9.42. The quantitative estimate of drug-likeness (QED) is 0.695. The van der Waals surface area contributed by atoms with Gasteiger partial charge in [0.25, 0.3) is 0 Å². The van der Waals surface area contributed by atoms with Gasteiger partial charge in [0.1, 0.15) is 5.60 Å². The molecule has 0 amide bonds.